The van der Waals surface area contributed by atoms with Crippen molar-refractivity contribution in [2.45, 2.75) is 25.7 Å². The third-order valence-electron chi connectivity index (χ3n) is 5.90. The molecule has 3 rings (SSSR count). The first-order valence-corrected chi connectivity index (χ1v) is 8.20. The van der Waals surface area contributed by atoms with E-state index in [1.807, 2.05) is 6.08 Å². The number of esters is 1. The van der Waals surface area contributed by atoms with E-state index < -0.39 is 0 Å². The molecule has 0 saturated heterocycles. The van der Waals surface area contributed by atoms with E-state index in [1.54, 1.807) is 0 Å². The first-order chi connectivity index (χ1) is 10.2. The molecule has 3 heteroatoms. The van der Waals surface area contributed by atoms with Crippen LogP contribution in [0.4, 0.5) is 0 Å². The molecule has 0 N–H and O–H groups in total. The lowest BCUT2D eigenvalue weighted by Gasteiger charge is -2.31. The van der Waals surface area contributed by atoms with Crippen molar-refractivity contribution in [3.63, 3.8) is 0 Å². The summed E-state index contributed by atoms with van der Waals surface area (Å²) in [6.07, 6.45) is 8.32. The van der Waals surface area contributed by atoms with Gasteiger partial charge in [-0.25, -0.2) is 4.79 Å². The van der Waals surface area contributed by atoms with E-state index >= 15 is 0 Å². The van der Waals surface area contributed by atoms with Crippen LogP contribution in [-0.2, 0) is 14.3 Å². The molecule has 3 aliphatic rings. The monoisotopic (exact) mass is 290 g/mol. The van der Waals surface area contributed by atoms with Crippen LogP contribution in [0.25, 0.3) is 0 Å². The maximum absolute atomic E-state index is 11.2. The lowest BCUT2D eigenvalue weighted by molar-refractivity contribution is -0.139. The highest BCUT2D eigenvalue weighted by molar-refractivity contribution is 5.81. The molecule has 6 atom stereocenters. The van der Waals surface area contributed by atoms with Gasteiger partial charge in [0.1, 0.15) is 0 Å². The Balaban J connectivity index is 1.51. The molecule has 21 heavy (non-hydrogen) atoms. The summed E-state index contributed by atoms with van der Waals surface area (Å²) in [5.74, 6) is 4.38. The van der Waals surface area contributed by atoms with Gasteiger partial charge in [-0.2, -0.15) is 0 Å². The van der Waals surface area contributed by atoms with Crippen LogP contribution in [0.1, 0.15) is 25.7 Å². The summed E-state index contributed by atoms with van der Waals surface area (Å²) in [4.78, 5) is 11.2. The van der Waals surface area contributed by atoms with Crippen LogP contribution in [0.5, 0.6) is 0 Å². The normalized spacial score (nSPS) is 40.0. The first kappa shape index (κ1) is 14.8. The van der Waals surface area contributed by atoms with Gasteiger partial charge in [0.05, 0.1) is 13.2 Å². The highest BCUT2D eigenvalue weighted by Crippen LogP contribution is 2.62. The van der Waals surface area contributed by atoms with Crippen molar-refractivity contribution in [3.8, 4) is 0 Å². The molecule has 0 aromatic carbocycles. The minimum Gasteiger partial charge on any atom is -0.462 e. The Kier molecular flexibility index (Phi) is 4.48. The molecule has 0 heterocycles. The summed E-state index contributed by atoms with van der Waals surface area (Å²) in [7, 11) is 0. The van der Waals surface area contributed by atoms with Crippen molar-refractivity contribution in [3.05, 3.63) is 25.3 Å². The van der Waals surface area contributed by atoms with Gasteiger partial charge in [-0.05, 0) is 61.2 Å². The second-order valence-corrected chi connectivity index (χ2v) is 6.98. The zero-order valence-corrected chi connectivity index (χ0v) is 12.7. The van der Waals surface area contributed by atoms with Gasteiger partial charge in [0.25, 0.3) is 0 Å². The van der Waals surface area contributed by atoms with E-state index in [9.17, 15) is 4.79 Å². The summed E-state index contributed by atoms with van der Waals surface area (Å²) < 4.78 is 10.9. The Morgan fingerprint density at radius 2 is 1.86 bits per heavy atom. The van der Waals surface area contributed by atoms with Crippen molar-refractivity contribution in [2.24, 2.45) is 35.5 Å². The number of hydrogen-bond donors (Lipinski definition) is 0. The van der Waals surface area contributed by atoms with Crippen LogP contribution in [-0.4, -0.2) is 25.8 Å². The lowest BCUT2D eigenvalue weighted by Crippen LogP contribution is -2.28. The average molecular weight is 290 g/mol. The molecule has 2 bridgehead atoms. The summed E-state index contributed by atoms with van der Waals surface area (Å²) in [5.41, 5.74) is 0. The Labute approximate surface area is 127 Å². The smallest absolute Gasteiger partial charge is 0.330 e. The van der Waals surface area contributed by atoms with E-state index in [1.165, 1.54) is 31.8 Å². The topological polar surface area (TPSA) is 35.5 Å². The van der Waals surface area contributed by atoms with Gasteiger partial charge in [0, 0.05) is 12.7 Å². The molecule has 3 fully saturated rings. The third kappa shape index (κ3) is 2.94. The van der Waals surface area contributed by atoms with Crippen molar-refractivity contribution in [2.75, 3.05) is 19.8 Å². The fraction of sp³-hybridized carbons (Fsp3) is 0.722. The molecular weight excluding hydrogens is 264 g/mol. The summed E-state index contributed by atoms with van der Waals surface area (Å²) >= 11 is 0. The van der Waals surface area contributed by atoms with Crippen LogP contribution < -0.4 is 0 Å². The van der Waals surface area contributed by atoms with Crippen LogP contribution in [0, 0.1) is 35.5 Å². The predicted molar refractivity (Wildman–Crippen MR) is 81.6 cm³/mol. The van der Waals surface area contributed by atoms with Crippen molar-refractivity contribution >= 4 is 5.97 Å². The third-order valence-corrected chi connectivity index (χ3v) is 5.90. The fourth-order valence-corrected chi connectivity index (χ4v) is 5.22. The summed E-state index contributed by atoms with van der Waals surface area (Å²) in [5, 5.41) is 0. The molecule has 3 aliphatic carbocycles. The molecule has 6 unspecified atom stereocenters. The minimum absolute atomic E-state index is 0.281. The molecule has 3 saturated carbocycles. The summed E-state index contributed by atoms with van der Waals surface area (Å²) in [6, 6.07) is 0. The van der Waals surface area contributed by atoms with E-state index in [2.05, 4.69) is 13.2 Å². The van der Waals surface area contributed by atoms with Crippen LogP contribution in [0.15, 0.2) is 25.3 Å². The van der Waals surface area contributed by atoms with Gasteiger partial charge >= 0.3 is 5.97 Å². The molecule has 0 radical (unpaired) electrons. The zero-order chi connectivity index (χ0) is 14.8. The van der Waals surface area contributed by atoms with Crippen LogP contribution in [0.2, 0.25) is 0 Å². The highest BCUT2D eigenvalue weighted by Gasteiger charge is 2.55. The van der Waals surface area contributed by atoms with Crippen molar-refractivity contribution < 1.29 is 14.3 Å². The Morgan fingerprint density at radius 3 is 2.62 bits per heavy atom. The number of rotatable bonds is 7. The van der Waals surface area contributed by atoms with Crippen molar-refractivity contribution in [1.29, 1.82) is 0 Å². The Hall–Kier alpha value is -1.09. The van der Waals surface area contributed by atoms with E-state index in [-0.39, 0.29) is 5.97 Å². The molecule has 0 aromatic heterocycles. The number of ether oxygens (including phenoxy) is 2. The number of carbonyl (C=O) groups is 1. The Morgan fingerprint density at radius 1 is 1.05 bits per heavy atom. The first-order valence-electron chi connectivity index (χ1n) is 8.20. The quantitative estimate of drug-likeness (QED) is 0.312. The second-order valence-electron chi connectivity index (χ2n) is 6.98. The molecule has 116 valence electrons. The maximum atomic E-state index is 11.2. The molecule has 3 nitrogen and oxygen atoms in total. The fourth-order valence-electron chi connectivity index (χ4n) is 5.22. The Bertz CT molecular complexity index is 417. The molecular formula is C18H26O3. The maximum Gasteiger partial charge on any atom is 0.330 e. The molecule has 0 aliphatic heterocycles. The van der Waals surface area contributed by atoms with E-state index in [4.69, 9.17) is 9.47 Å². The molecule has 0 aromatic rings. The molecule has 0 spiro atoms. The predicted octanol–water partition coefficient (Wildman–Crippen LogP) is 3.22. The van der Waals surface area contributed by atoms with Gasteiger partial charge in [0.15, 0.2) is 0 Å². The second kappa shape index (κ2) is 6.35. The van der Waals surface area contributed by atoms with Crippen LogP contribution >= 0.6 is 0 Å². The standard InChI is InChI=1S/C18H26O3/c1-3-5-20-10-12-6-15-13-8-14(11-21-18(19)4-2)16(9-13)17(15)7-12/h3-4,12-17H,1-2,5-11H2. The number of fused-ring (bicyclic) bond motifs is 5. The summed E-state index contributed by atoms with van der Waals surface area (Å²) in [6.45, 7) is 9.29. The van der Waals surface area contributed by atoms with Crippen LogP contribution in [0.3, 0.4) is 0 Å². The van der Waals surface area contributed by atoms with Gasteiger partial charge < -0.3 is 9.47 Å². The SMILES string of the molecule is C=CCOCC1CC2C3CC(COC(=O)C=C)C(C3)C2C1. The van der Waals surface area contributed by atoms with E-state index in [0.717, 1.165) is 36.2 Å². The van der Waals surface area contributed by atoms with Crippen molar-refractivity contribution in [1.82, 2.24) is 0 Å². The highest BCUT2D eigenvalue weighted by atomic mass is 16.5. The van der Waals surface area contributed by atoms with Gasteiger partial charge in [-0.3, -0.25) is 0 Å². The zero-order valence-electron chi connectivity index (χ0n) is 12.7. The lowest BCUT2D eigenvalue weighted by atomic mass is 9.76. The molecule has 0 amide bonds. The number of hydrogen-bond acceptors (Lipinski definition) is 3. The van der Waals surface area contributed by atoms with Gasteiger partial charge in [-0.1, -0.05) is 12.7 Å². The minimum atomic E-state index is -0.281. The van der Waals surface area contributed by atoms with E-state index in [0.29, 0.717) is 19.1 Å². The van der Waals surface area contributed by atoms with Gasteiger partial charge in [-0.15, -0.1) is 6.58 Å². The van der Waals surface area contributed by atoms with Gasteiger partial charge in [0.2, 0.25) is 0 Å². The average Bonchev–Trinajstić information content (AvgIpc) is 3.15. The number of carbonyl (C=O) groups excluding carboxylic acids is 1. The largest absolute Gasteiger partial charge is 0.462 e.